The van der Waals surface area contributed by atoms with E-state index in [4.69, 9.17) is 9.47 Å². The fourth-order valence-corrected chi connectivity index (χ4v) is 2.21. The van der Waals surface area contributed by atoms with Crippen LogP contribution in [0.5, 0.6) is 0 Å². The predicted molar refractivity (Wildman–Crippen MR) is 69.1 cm³/mol. The molecule has 1 aliphatic heterocycles. The highest BCUT2D eigenvalue weighted by molar-refractivity contribution is 5.76. The zero-order chi connectivity index (χ0) is 13.2. The number of H-pyrrole nitrogens is 1. The Kier molecular flexibility index (Phi) is 3.18. The van der Waals surface area contributed by atoms with Crippen molar-refractivity contribution < 1.29 is 9.47 Å². The molecule has 1 N–H and O–H groups in total. The Labute approximate surface area is 108 Å². The van der Waals surface area contributed by atoms with Gasteiger partial charge in [-0.3, -0.25) is 9.36 Å². The lowest BCUT2D eigenvalue weighted by Crippen LogP contribution is -2.36. The summed E-state index contributed by atoms with van der Waals surface area (Å²) in [4.78, 5) is 26.8. The maximum absolute atomic E-state index is 12.2. The summed E-state index contributed by atoms with van der Waals surface area (Å²) in [6, 6.07) is 6.97. The number of aromatic amines is 1. The molecule has 0 radical (unpaired) electrons. The van der Waals surface area contributed by atoms with Crippen molar-refractivity contribution in [2.24, 2.45) is 0 Å². The smallest absolute Gasteiger partial charge is 0.328 e. The van der Waals surface area contributed by atoms with E-state index in [0.29, 0.717) is 30.5 Å². The van der Waals surface area contributed by atoms with Gasteiger partial charge in [-0.05, 0) is 12.1 Å². The number of para-hydroxylation sites is 1. The van der Waals surface area contributed by atoms with Crippen molar-refractivity contribution in [1.29, 1.82) is 0 Å². The minimum Gasteiger partial charge on any atom is -0.350 e. The minimum absolute atomic E-state index is 0.280. The van der Waals surface area contributed by atoms with E-state index in [1.807, 2.05) is 0 Å². The maximum Gasteiger partial charge on any atom is 0.328 e. The van der Waals surface area contributed by atoms with Gasteiger partial charge in [0.25, 0.3) is 5.56 Å². The summed E-state index contributed by atoms with van der Waals surface area (Å²) >= 11 is 0. The third-order valence-corrected chi connectivity index (χ3v) is 3.17. The Morgan fingerprint density at radius 3 is 2.74 bits per heavy atom. The second-order valence-electron chi connectivity index (χ2n) is 4.39. The number of rotatable bonds is 3. The van der Waals surface area contributed by atoms with Crippen LogP contribution in [-0.2, 0) is 16.0 Å². The molecule has 0 atom stereocenters. The number of aromatic nitrogens is 2. The van der Waals surface area contributed by atoms with E-state index in [0.717, 1.165) is 0 Å². The molecule has 6 heteroatoms. The van der Waals surface area contributed by atoms with E-state index in [1.165, 1.54) is 4.57 Å². The third-order valence-electron chi connectivity index (χ3n) is 3.17. The molecule has 1 fully saturated rings. The number of fused-ring (bicyclic) bond motifs is 1. The first-order valence-corrected chi connectivity index (χ1v) is 6.21. The van der Waals surface area contributed by atoms with Crippen molar-refractivity contribution in [2.75, 3.05) is 13.2 Å². The number of benzene rings is 1. The summed E-state index contributed by atoms with van der Waals surface area (Å²) in [5.74, 6) is 0. The first-order chi connectivity index (χ1) is 9.25. The largest absolute Gasteiger partial charge is 0.350 e. The average Bonchev–Trinajstić information content (AvgIpc) is 2.92. The third kappa shape index (κ3) is 2.32. The molecule has 0 saturated carbocycles. The molecular weight excluding hydrogens is 248 g/mol. The molecule has 6 nitrogen and oxygen atoms in total. The van der Waals surface area contributed by atoms with E-state index >= 15 is 0 Å². The first-order valence-electron chi connectivity index (χ1n) is 6.21. The van der Waals surface area contributed by atoms with E-state index in [1.54, 1.807) is 24.3 Å². The van der Waals surface area contributed by atoms with Crippen molar-refractivity contribution in [3.63, 3.8) is 0 Å². The van der Waals surface area contributed by atoms with Crippen LogP contribution in [0.3, 0.4) is 0 Å². The van der Waals surface area contributed by atoms with Gasteiger partial charge < -0.3 is 14.5 Å². The van der Waals surface area contributed by atoms with Crippen molar-refractivity contribution >= 4 is 10.9 Å². The highest BCUT2D eigenvalue weighted by Crippen LogP contribution is 2.08. The van der Waals surface area contributed by atoms with Crippen LogP contribution in [0, 0.1) is 0 Å². The Bertz CT molecular complexity index is 698. The van der Waals surface area contributed by atoms with Crippen LogP contribution in [-0.4, -0.2) is 29.1 Å². The lowest BCUT2D eigenvalue weighted by atomic mass is 10.2. The predicted octanol–water partition coefficient (Wildman–Crippen LogP) is 0.453. The highest BCUT2D eigenvalue weighted by Gasteiger charge is 2.17. The van der Waals surface area contributed by atoms with Crippen LogP contribution in [0.2, 0.25) is 0 Å². The van der Waals surface area contributed by atoms with Gasteiger partial charge >= 0.3 is 5.69 Å². The molecule has 2 heterocycles. The van der Waals surface area contributed by atoms with Gasteiger partial charge in [0.1, 0.15) is 0 Å². The van der Waals surface area contributed by atoms with Crippen LogP contribution >= 0.6 is 0 Å². The fraction of sp³-hybridized carbons (Fsp3) is 0.385. The summed E-state index contributed by atoms with van der Waals surface area (Å²) in [7, 11) is 0. The zero-order valence-corrected chi connectivity index (χ0v) is 10.3. The van der Waals surface area contributed by atoms with Crippen molar-refractivity contribution in [1.82, 2.24) is 9.55 Å². The summed E-state index contributed by atoms with van der Waals surface area (Å²) in [5, 5.41) is 0.510. The molecule has 19 heavy (non-hydrogen) atoms. The molecule has 0 aliphatic carbocycles. The van der Waals surface area contributed by atoms with Gasteiger partial charge in [0.2, 0.25) is 0 Å². The quantitative estimate of drug-likeness (QED) is 0.871. The minimum atomic E-state index is -0.401. The van der Waals surface area contributed by atoms with Crippen molar-refractivity contribution in [3.05, 3.63) is 45.1 Å². The van der Waals surface area contributed by atoms with E-state index < -0.39 is 5.69 Å². The van der Waals surface area contributed by atoms with Crippen LogP contribution in [0.15, 0.2) is 33.9 Å². The second-order valence-corrected chi connectivity index (χ2v) is 4.39. The molecule has 1 saturated heterocycles. The molecule has 1 aromatic carbocycles. The molecule has 3 rings (SSSR count). The summed E-state index contributed by atoms with van der Waals surface area (Å²) < 4.78 is 11.8. The van der Waals surface area contributed by atoms with E-state index in [-0.39, 0.29) is 18.4 Å². The van der Waals surface area contributed by atoms with Gasteiger partial charge in [-0.15, -0.1) is 0 Å². The first kappa shape index (κ1) is 12.1. The lowest BCUT2D eigenvalue weighted by Gasteiger charge is -2.10. The van der Waals surface area contributed by atoms with Gasteiger partial charge in [0.05, 0.1) is 24.1 Å². The second kappa shape index (κ2) is 4.99. The van der Waals surface area contributed by atoms with Gasteiger partial charge in [0.15, 0.2) is 6.29 Å². The summed E-state index contributed by atoms with van der Waals surface area (Å²) in [5.41, 5.74) is -0.124. The van der Waals surface area contributed by atoms with Crippen LogP contribution in [0.4, 0.5) is 0 Å². The number of hydrogen-bond donors (Lipinski definition) is 1. The number of nitrogens with one attached hydrogen (secondary N) is 1. The van der Waals surface area contributed by atoms with E-state index in [9.17, 15) is 9.59 Å². The summed E-state index contributed by atoms with van der Waals surface area (Å²) in [6.07, 6.45) is 0.166. The number of nitrogens with zero attached hydrogens (tertiary/aromatic N) is 1. The van der Waals surface area contributed by atoms with Crippen LogP contribution < -0.4 is 11.2 Å². The summed E-state index contributed by atoms with van der Waals surface area (Å²) in [6.45, 7) is 1.41. The molecule has 0 spiro atoms. The topological polar surface area (TPSA) is 73.3 Å². The molecule has 1 aromatic heterocycles. The normalized spacial score (nSPS) is 16.2. The Hall–Kier alpha value is -1.92. The Morgan fingerprint density at radius 1 is 1.21 bits per heavy atom. The van der Waals surface area contributed by atoms with Crippen molar-refractivity contribution in [2.45, 2.75) is 19.3 Å². The number of hydrogen-bond acceptors (Lipinski definition) is 4. The van der Waals surface area contributed by atoms with Gasteiger partial charge in [0, 0.05) is 13.0 Å². The lowest BCUT2D eigenvalue weighted by molar-refractivity contribution is -0.0493. The van der Waals surface area contributed by atoms with Gasteiger partial charge in [-0.1, -0.05) is 12.1 Å². The highest BCUT2D eigenvalue weighted by atomic mass is 16.7. The van der Waals surface area contributed by atoms with Crippen molar-refractivity contribution in [3.8, 4) is 0 Å². The van der Waals surface area contributed by atoms with Crippen LogP contribution in [0.1, 0.15) is 6.42 Å². The fourth-order valence-electron chi connectivity index (χ4n) is 2.21. The molecule has 0 bridgehead atoms. The Morgan fingerprint density at radius 2 is 1.95 bits per heavy atom. The number of ether oxygens (including phenoxy) is 2. The SMILES string of the molecule is O=c1[nH]c2ccccc2c(=O)n1CCC1OCCO1. The molecule has 1 aliphatic rings. The standard InChI is InChI=1S/C13H14N2O4/c16-12-9-3-1-2-4-10(9)14-13(17)15(12)6-5-11-18-7-8-19-11/h1-4,11H,5-8H2,(H,14,17). The molecule has 0 amide bonds. The molecule has 2 aromatic rings. The van der Waals surface area contributed by atoms with Crippen LogP contribution in [0.25, 0.3) is 10.9 Å². The van der Waals surface area contributed by atoms with Gasteiger partial charge in [-0.25, -0.2) is 4.79 Å². The average molecular weight is 262 g/mol. The molecule has 100 valence electrons. The van der Waals surface area contributed by atoms with E-state index in [2.05, 4.69) is 4.98 Å². The van der Waals surface area contributed by atoms with Gasteiger partial charge in [-0.2, -0.15) is 0 Å². The molecule has 0 unspecified atom stereocenters. The monoisotopic (exact) mass is 262 g/mol. The maximum atomic E-state index is 12.2. The molecular formula is C13H14N2O4. The Balaban J connectivity index is 1.94. The zero-order valence-electron chi connectivity index (χ0n) is 10.3.